The average molecular weight is 1360 g/mol. The molecule has 4 aliphatic carbocycles. The Hall–Kier alpha value is -2.02. The van der Waals surface area contributed by atoms with E-state index in [4.69, 9.17) is 61.0 Å². The van der Waals surface area contributed by atoms with Crippen molar-refractivity contribution >= 4 is 16.2 Å². The smallest absolute Gasteiger partial charge is 0.394 e. The first-order valence-corrected chi connectivity index (χ1v) is 33.8. The average Bonchev–Trinajstić information content (AvgIpc) is 1.70. The van der Waals surface area contributed by atoms with Crippen LogP contribution in [-0.2, 0) is 76.2 Å². The molecule has 0 amide bonds. The van der Waals surface area contributed by atoms with E-state index in [2.05, 4.69) is 19.9 Å². The van der Waals surface area contributed by atoms with Crippen molar-refractivity contribution in [2.24, 2.45) is 40.4 Å². The van der Waals surface area contributed by atoms with E-state index in [0.717, 1.165) is 24.8 Å². The van der Waals surface area contributed by atoms with Crippen LogP contribution >= 0.6 is 0 Å². The van der Waals surface area contributed by atoms with Crippen LogP contribution in [0.25, 0.3) is 0 Å². The number of aliphatic hydroxyl groups excluding tert-OH is 14. The molecule has 6 saturated heterocycles. The standard InChI is InChI=1S/C61H98O31S/c1-22(2)15-27(64)16-23(3)30-9-10-31-29-18-34(33-17-28(92-93(77,78)79)11-13-61(33,8)32(29)12-14-60(30,31)7)84-56-48(75)51(40(67)25(5)82-56)89-58-52(90-54-47(74)44(71)38(65)24(4)81-54)43(70)37(21-80-58)87-59-53(45(72)41(68)35(19-62)86-59)91-57-49(76)50(39(66)26(6)83-57)88-55-46(73)42(69)36(20-63)85-55/h12,16,22,24-26,28-31,33-59,62-63,65-76H,9-11,13-15,17-21H2,1-8H3,(H,77,78,79)/b23-16+/t24-,25+,26+,28-,29-,30+,31-,33+,34-,35+,36-,37+,38-,39-,40+,41-,42-,43-,44+,45-,46+,47-,48+,49+,50-,51-,52+,53+,54+,55?,56-,57-,58-,59-,60+,61+/m0/s1. The molecule has 0 spiro atoms. The molecule has 36 atom stereocenters. The normalized spacial score (nSPS) is 51.4. The molecule has 0 aromatic heterocycles. The molecule has 0 bridgehead atoms. The summed E-state index contributed by atoms with van der Waals surface area (Å²) in [5.41, 5.74) is 1.35. The van der Waals surface area contributed by atoms with Gasteiger partial charge in [0.25, 0.3) is 0 Å². The Kier molecular flexibility index (Phi) is 23.2. The van der Waals surface area contributed by atoms with Crippen LogP contribution < -0.4 is 0 Å². The fourth-order valence-corrected chi connectivity index (χ4v) is 17.1. The number of ether oxygens (including phenoxy) is 12. The first kappa shape index (κ1) is 73.7. The molecule has 3 saturated carbocycles. The molecule has 10 aliphatic rings. The number of rotatable bonds is 20. The van der Waals surface area contributed by atoms with Gasteiger partial charge in [-0.25, -0.2) is 4.18 Å². The predicted octanol–water partition coefficient (Wildman–Crippen LogP) is -3.41. The van der Waals surface area contributed by atoms with E-state index in [1.54, 1.807) is 6.08 Å². The fourth-order valence-electron chi connectivity index (χ4n) is 16.5. The largest absolute Gasteiger partial charge is 0.397 e. The third-order valence-corrected chi connectivity index (χ3v) is 22.2. The van der Waals surface area contributed by atoms with Crippen molar-refractivity contribution in [1.29, 1.82) is 0 Å². The van der Waals surface area contributed by atoms with E-state index in [1.807, 2.05) is 20.8 Å². The van der Waals surface area contributed by atoms with E-state index in [0.29, 0.717) is 19.3 Å². The lowest BCUT2D eigenvalue weighted by Gasteiger charge is -2.59. The first-order chi connectivity index (χ1) is 43.7. The zero-order valence-corrected chi connectivity index (χ0v) is 54.1. The van der Waals surface area contributed by atoms with Gasteiger partial charge >= 0.3 is 10.4 Å². The van der Waals surface area contributed by atoms with E-state index < -0.39 is 226 Å². The van der Waals surface area contributed by atoms with Gasteiger partial charge in [0.15, 0.2) is 43.5 Å². The van der Waals surface area contributed by atoms with Crippen molar-refractivity contribution in [2.75, 3.05) is 19.8 Å². The lowest BCUT2D eigenvalue weighted by atomic mass is 9.48. The number of fused-ring (bicyclic) bond motifs is 5. The van der Waals surface area contributed by atoms with Gasteiger partial charge in [-0.3, -0.25) is 9.35 Å². The Morgan fingerprint density at radius 1 is 0.581 bits per heavy atom. The number of carbonyl (C=O) groups is 1. The number of hydrogen-bond acceptors (Lipinski definition) is 30. The highest BCUT2D eigenvalue weighted by atomic mass is 32.3. The van der Waals surface area contributed by atoms with E-state index in [-0.39, 0.29) is 47.7 Å². The molecule has 32 heteroatoms. The van der Waals surface area contributed by atoms with Gasteiger partial charge in [0.1, 0.15) is 116 Å². The highest BCUT2D eigenvalue weighted by Gasteiger charge is 2.63. The molecule has 6 aliphatic heterocycles. The van der Waals surface area contributed by atoms with E-state index in [1.165, 1.54) is 26.3 Å². The number of allylic oxidation sites excluding steroid dienone is 4. The topological polar surface area (TPSA) is 475 Å². The zero-order chi connectivity index (χ0) is 67.8. The second-order valence-electron chi connectivity index (χ2n) is 28.3. The lowest BCUT2D eigenvalue weighted by Crippen LogP contribution is -2.67. The Morgan fingerprint density at radius 3 is 1.68 bits per heavy atom. The molecule has 93 heavy (non-hydrogen) atoms. The number of hydrogen-bond donors (Lipinski definition) is 15. The van der Waals surface area contributed by atoms with Gasteiger partial charge in [-0.1, -0.05) is 44.9 Å². The summed E-state index contributed by atoms with van der Waals surface area (Å²) in [7, 11) is -4.88. The Morgan fingerprint density at radius 2 is 1.09 bits per heavy atom. The molecular formula is C61H98O31S. The van der Waals surface area contributed by atoms with Gasteiger partial charge in [-0.2, -0.15) is 8.42 Å². The summed E-state index contributed by atoms with van der Waals surface area (Å²) in [5, 5.41) is 156. The zero-order valence-electron chi connectivity index (χ0n) is 53.3. The predicted molar refractivity (Wildman–Crippen MR) is 311 cm³/mol. The van der Waals surface area contributed by atoms with Gasteiger partial charge < -0.3 is 128 Å². The summed E-state index contributed by atoms with van der Waals surface area (Å²) in [4.78, 5) is 13.1. The minimum Gasteiger partial charge on any atom is -0.394 e. The summed E-state index contributed by atoms with van der Waals surface area (Å²) in [6.07, 6.45) is -42.1. The molecular weight excluding hydrogens is 1260 g/mol. The number of aliphatic hydroxyl groups is 14. The van der Waals surface area contributed by atoms with Crippen molar-refractivity contribution < 1.29 is 150 Å². The molecule has 0 aromatic carbocycles. The van der Waals surface area contributed by atoms with Crippen LogP contribution in [0.15, 0.2) is 23.3 Å². The monoisotopic (exact) mass is 1360 g/mol. The van der Waals surface area contributed by atoms with Crippen LogP contribution in [0.5, 0.6) is 0 Å². The van der Waals surface area contributed by atoms with Gasteiger partial charge in [-0.15, -0.1) is 0 Å². The third-order valence-electron chi connectivity index (χ3n) is 21.7. The number of ketones is 1. The Bertz CT molecular complexity index is 2710. The van der Waals surface area contributed by atoms with Crippen molar-refractivity contribution in [3.63, 3.8) is 0 Å². The Balaban J connectivity index is 0.904. The van der Waals surface area contributed by atoms with Gasteiger partial charge in [-0.05, 0) is 119 Å². The highest BCUT2D eigenvalue weighted by molar-refractivity contribution is 7.80. The first-order valence-electron chi connectivity index (χ1n) is 32.5. The number of carbonyl (C=O) groups excluding carboxylic acids is 1. The van der Waals surface area contributed by atoms with Crippen molar-refractivity contribution in [3.05, 3.63) is 23.3 Å². The fraction of sp³-hybridized carbons (Fsp3) is 0.918. The van der Waals surface area contributed by atoms with E-state index >= 15 is 0 Å². The Labute approximate surface area is 539 Å². The van der Waals surface area contributed by atoms with Crippen molar-refractivity contribution in [3.8, 4) is 0 Å². The molecule has 15 N–H and O–H groups in total. The summed E-state index contributed by atoms with van der Waals surface area (Å²) >= 11 is 0. The second-order valence-corrected chi connectivity index (χ2v) is 29.3. The van der Waals surface area contributed by atoms with Crippen LogP contribution in [-0.4, -0.2) is 294 Å². The molecule has 31 nitrogen and oxygen atoms in total. The van der Waals surface area contributed by atoms with E-state index in [9.17, 15) is 89.3 Å². The maximum atomic E-state index is 13.1. The molecule has 534 valence electrons. The maximum absolute atomic E-state index is 13.1. The van der Waals surface area contributed by atoms with Crippen LogP contribution in [0, 0.1) is 40.4 Å². The summed E-state index contributed by atoms with van der Waals surface area (Å²) < 4.78 is 112. The molecule has 10 rings (SSSR count). The molecule has 0 radical (unpaired) electrons. The van der Waals surface area contributed by atoms with Crippen molar-refractivity contribution in [1.82, 2.24) is 0 Å². The summed E-state index contributed by atoms with van der Waals surface area (Å²) in [6, 6.07) is 0. The molecule has 6 heterocycles. The highest BCUT2D eigenvalue weighted by Crippen LogP contribution is 2.67. The maximum Gasteiger partial charge on any atom is 0.397 e. The van der Waals surface area contributed by atoms with Crippen LogP contribution in [0.3, 0.4) is 0 Å². The quantitative estimate of drug-likeness (QED) is 0.0321. The van der Waals surface area contributed by atoms with Crippen LogP contribution in [0.1, 0.15) is 107 Å². The summed E-state index contributed by atoms with van der Waals surface area (Å²) in [5.74, 6) is -0.0854. The van der Waals surface area contributed by atoms with Crippen LogP contribution in [0.2, 0.25) is 0 Å². The third kappa shape index (κ3) is 14.8. The van der Waals surface area contributed by atoms with Gasteiger partial charge in [0, 0.05) is 6.42 Å². The lowest BCUT2D eigenvalue weighted by molar-refractivity contribution is -0.400. The minimum atomic E-state index is -4.88. The van der Waals surface area contributed by atoms with Crippen LogP contribution in [0.4, 0.5) is 0 Å². The minimum absolute atomic E-state index is 0.0720. The van der Waals surface area contributed by atoms with Gasteiger partial charge in [0.05, 0.1) is 50.3 Å². The summed E-state index contributed by atoms with van der Waals surface area (Å²) in [6.45, 7) is 12.2. The van der Waals surface area contributed by atoms with Gasteiger partial charge in [0.2, 0.25) is 0 Å². The van der Waals surface area contributed by atoms with Crippen molar-refractivity contribution in [2.45, 2.75) is 291 Å². The molecule has 1 unspecified atom stereocenters. The SMILES string of the molecule is C/C(=C\C(=O)CC(C)C)[C@H]1CC[C@H]2[C@@H]3C[C@H](O[C@@H]4O[C@H](C)[C@@H](O)[C@H](O[C@@H]5OC[C@@H](O[C@@H]6O[C@H](CO)[C@H](O)[C@H](O)[C@H]6O[C@@H]6O[C@H](C)[C@H](O)[C@H](OC7O[C@@H](CO)[C@H](O)[C@H]7O)[C@H]6O)[C@H](O)[C@H]5O[C@H]5O[C@@H](C)[C@H](O)[C@@H](O)[C@@H]5O)[C@H]4O)[C@H]4C[C@@H](OS(=O)(=O)O)CC[C@]4(C)C3=CC[C@]12C. The molecule has 0 aromatic rings. The molecule has 9 fully saturated rings. The second kappa shape index (κ2) is 29.3.